The maximum absolute atomic E-state index is 6.13. The lowest BCUT2D eigenvalue weighted by Crippen LogP contribution is -2.47. The molecule has 1 aromatic carbocycles. The summed E-state index contributed by atoms with van der Waals surface area (Å²) in [6.45, 7) is 3.08. The van der Waals surface area contributed by atoms with Crippen molar-refractivity contribution in [3.8, 4) is 0 Å². The highest BCUT2D eigenvalue weighted by atomic mass is 35.5. The van der Waals surface area contributed by atoms with Crippen LogP contribution in [-0.2, 0) is 11.3 Å². The van der Waals surface area contributed by atoms with E-state index in [0.29, 0.717) is 11.6 Å². The van der Waals surface area contributed by atoms with E-state index in [1.807, 2.05) is 24.3 Å². The van der Waals surface area contributed by atoms with Gasteiger partial charge < -0.3 is 10.5 Å². The first-order valence-electron chi connectivity index (χ1n) is 5.53. The molecule has 0 amide bonds. The Balaban J connectivity index is 1.99. The molecule has 0 aromatic heterocycles. The summed E-state index contributed by atoms with van der Waals surface area (Å²) in [6.07, 6.45) is -0.138. The second kappa shape index (κ2) is 5.78. The summed E-state index contributed by atoms with van der Waals surface area (Å²) >= 11 is 11.1. The lowest BCUT2D eigenvalue weighted by Gasteiger charge is -2.32. The zero-order valence-electron chi connectivity index (χ0n) is 9.43. The summed E-state index contributed by atoms with van der Waals surface area (Å²) in [5.74, 6) is 0. The molecular weight excluding hydrogens is 256 g/mol. The Labute approximate surface area is 111 Å². The predicted octanol–water partition coefficient (Wildman–Crippen LogP) is 1.83. The molecule has 0 radical (unpaired) electrons. The van der Waals surface area contributed by atoms with Crippen molar-refractivity contribution in [3.05, 3.63) is 34.9 Å². The highest BCUT2D eigenvalue weighted by molar-refractivity contribution is 7.80. The number of ether oxygens (including phenoxy) is 1. The molecule has 3 nitrogen and oxygen atoms in total. The number of benzene rings is 1. The van der Waals surface area contributed by atoms with Gasteiger partial charge in [0, 0.05) is 24.7 Å². The zero-order valence-corrected chi connectivity index (χ0v) is 11.0. The lowest BCUT2D eigenvalue weighted by atomic mass is 10.2. The Hall–Kier alpha value is -0.680. The highest BCUT2D eigenvalue weighted by Crippen LogP contribution is 2.18. The van der Waals surface area contributed by atoms with Crippen LogP contribution in [0.2, 0.25) is 5.02 Å². The molecule has 2 N–H and O–H groups in total. The first-order chi connectivity index (χ1) is 8.16. The molecule has 0 bridgehead atoms. The van der Waals surface area contributed by atoms with Gasteiger partial charge in [0.1, 0.15) is 11.1 Å². The number of thiocarbonyl (C=S) groups is 1. The van der Waals surface area contributed by atoms with Gasteiger partial charge >= 0.3 is 0 Å². The first kappa shape index (κ1) is 12.8. The minimum Gasteiger partial charge on any atom is -0.391 e. The van der Waals surface area contributed by atoms with Gasteiger partial charge in [0.15, 0.2) is 0 Å². The van der Waals surface area contributed by atoms with Crippen LogP contribution in [0.25, 0.3) is 0 Å². The highest BCUT2D eigenvalue weighted by Gasteiger charge is 2.22. The standard InChI is InChI=1S/C12H15ClN2OS/c13-10-4-2-1-3-9(10)7-15-5-6-16-11(8-15)12(14)17/h1-4,11H,5-8H2,(H2,14,17). The second-order valence-electron chi connectivity index (χ2n) is 4.09. The van der Waals surface area contributed by atoms with Gasteiger partial charge in [-0.1, -0.05) is 42.0 Å². The van der Waals surface area contributed by atoms with E-state index < -0.39 is 0 Å². The van der Waals surface area contributed by atoms with E-state index in [9.17, 15) is 0 Å². The molecule has 1 heterocycles. The van der Waals surface area contributed by atoms with Crippen molar-refractivity contribution >= 4 is 28.8 Å². The van der Waals surface area contributed by atoms with Crippen molar-refractivity contribution in [3.63, 3.8) is 0 Å². The maximum atomic E-state index is 6.13. The molecule has 0 spiro atoms. The number of nitrogens with two attached hydrogens (primary N) is 1. The van der Waals surface area contributed by atoms with Gasteiger partial charge in [-0.2, -0.15) is 0 Å². The molecule has 1 saturated heterocycles. The molecule has 1 unspecified atom stereocenters. The van der Waals surface area contributed by atoms with Crippen LogP contribution in [-0.4, -0.2) is 35.7 Å². The van der Waals surface area contributed by atoms with Crippen LogP contribution < -0.4 is 5.73 Å². The van der Waals surface area contributed by atoms with Crippen LogP contribution in [0.4, 0.5) is 0 Å². The summed E-state index contributed by atoms with van der Waals surface area (Å²) in [5.41, 5.74) is 6.73. The van der Waals surface area contributed by atoms with Crippen molar-refractivity contribution in [2.24, 2.45) is 5.73 Å². The number of rotatable bonds is 3. The largest absolute Gasteiger partial charge is 0.391 e. The fourth-order valence-electron chi connectivity index (χ4n) is 1.89. The molecule has 1 aliphatic heterocycles. The number of hydrogen-bond donors (Lipinski definition) is 1. The van der Waals surface area contributed by atoms with Gasteiger partial charge in [-0.3, -0.25) is 4.90 Å². The van der Waals surface area contributed by atoms with Crippen LogP contribution >= 0.6 is 23.8 Å². The minimum atomic E-state index is -0.138. The van der Waals surface area contributed by atoms with Gasteiger partial charge in [0.05, 0.1) is 6.61 Å². The Morgan fingerprint density at radius 3 is 3.00 bits per heavy atom. The first-order valence-corrected chi connectivity index (χ1v) is 6.32. The van der Waals surface area contributed by atoms with Crippen molar-refractivity contribution in [1.29, 1.82) is 0 Å². The van der Waals surface area contributed by atoms with E-state index in [4.69, 9.17) is 34.3 Å². The summed E-state index contributed by atoms with van der Waals surface area (Å²) < 4.78 is 5.50. The van der Waals surface area contributed by atoms with Crippen LogP contribution in [0.15, 0.2) is 24.3 Å². The average Bonchev–Trinajstić information content (AvgIpc) is 2.32. The zero-order chi connectivity index (χ0) is 12.3. The average molecular weight is 271 g/mol. The fraction of sp³-hybridized carbons (Fsp3) is 0.417. The molecule has 5 heteroatoms. The molecule has 2 rings (SSSR count). The quantitative estimate of drug-likeness (QED) is 0.851. The summed E-state index contributed by atoms with van der Waals surface area (Å²) in [5, 5.41) is 0.797. The van der Waals surface area contributed by atoms with E-state index >= 15 is 0 Å². The third kappa shape index (κ3) is 3.39. The number of halogens is 1. The van der Waals surface area contributed by atoms with Crippen molar-refractivity contribution in [2.45, 2.75) is 12.6 Å². The van der Waals surface area contributed by atoms with Crippen LogP contribution in [0.3, 0.4) is 0 Å². The molecule has 1 fully saturated rings. The van der Waals surface area contributed by atoms with Crippen LogP contribution in [0.5, 0.6) is 0 Å². The van der Waals surface area contributed by atoms with Gasteiger partial charge in [0.2, 0.25) is 0 Å². The van der Waals surface area contributed by atoms with E-state index in [1.54, 1.807) is 0 Å². The number of nitrogens with zero attached hydrogens (tertiary/aromatic N) is 1. The molecule has 17 heavy (non-hydrogen) atoms. The van der Waals surface area contributed by atoms with Gasteiger partial charge in [-0.25, -0.2) is 0 Å². The van der Waals surface area contributed by atoms with Crippen molar-refractivity contribution in [2.75, 3.05) is 19.7 Å². The molecule has 92 valence electrons. The second-order valence-corrected chi connectivity index (χ2v) is 4.97. The maximum Gasteiger partial charge on any atom is 0.120 e. The Morgan fingerprint density at radius 2 is 2.29 bits per heavy atom. The third-order valence-corrected chi connectivity index (χ3v) is 3.45. The van der Waals surface area contributed by atoms with E-state index in [-0.39, 0.29) is 6.10 Å². The van der Waals surface area contributed by atoms with Gasteiger partial charge in [-0.05, 0) is 11.6 Å². The molecule has 0 aliphatic carbocycles. The van der Waals surface area contributed by atoms with Gasteiger partial charge in [0.25, 0.3) is 0 Å². The molecular formula is C12H15ClN2OS. The fourth-order valence-corrected chi connectivity index (χ4v) is 2.22. The smallest absolute Gasteiger partial charge is 0.120 e. The molecule has 1 aromatic rings. The van der Waals surface area contributed by atoms with Gasteiger partial charge in [-0.15, -0.1) is 0 Å². The normalized spacial score (nSPS) is 21.4. The van der Waals surface area contributed by atoms with Crippen LogP contribution in [0, 0.1) is 0 Å². The minimum absolute atomic E-state index is 0.138. The number of hydrogen-bond acceptors (Lipinski definition) is 3. The van der Waals surface area contributed by atoms with E-state index in [2.05, 4.69) is 4.90 Å². The predicted molar refractivity (Wildman–Crippen MR) is 73.3 cm³/mol. The monoisotopic (exact) mass is 270 g/mol. The topological polar surface area (TPSA) is 38.5 Å². The lowest BCUT2D eigenvalue weighted by molar-refractivity contribution is 0.00392. The number of morpholine rings is 1. The third-order valence-electron chi connectivity index (χ3n) is 2.82. The molecule has 1 atom stereocenters. The molecule has 1 aliphatic rings. The van der Waals surface area contributed by atoms with E-state index in [0.717, 1.165) is 30.2 Å². The van der Waals surface area contributed by atoms with Crippen LogP contribution in [0.1, 0.15) is 5.56 Å². The van der Waals surface area contributed by atoms with E-state index in [1.165, 1.54) is 0 Å². The Kier molecular flexibility index (Phi) is 4.34. The van der Waals surface area contributed by atoms with Crippen molar-refractivity contribution in [1.82, 2.24) is 4.90 Å². The summed E-state index contributed by atoms with van der Waals surface area (Å²) in [4.78, 5) is 2.68. The SMILES string of the molecule is NC(=S)C1CN(Cc2ccccc2Cl)CCO1. The Bertz CT molecular complexity index is 413. The summed E-state index contributed by atoms with van der Waals surface area (Å²) in [6, 6.07) is 7.87. The Morgan fingerprint density at radius 1 is 1.53 bits per heavy atom. The summed E-state index contributed by atoms with van der Waals surface area (Å²) in [7, 11) is 0. The molecule has 0 saturated carbocycles. The van der Waals surface area contributed by atoms with Crippen molar-refractivity contribution < 1.29 is 4.74 Å².